The summed E-state index contributed by atoms with van der Waals surface area (Å²) in [6.07, 6.45) is 1.74. The molecule has 1 aliphatic heterocycles. The Labute approximate surface area is 169 Å². The zero-order valence-corrected chi connectivity index (χ0v) is 16.3. The van der Waals surface area contributed by atoms with Crippen LogP contribution >= 0.6 is 11.6 Å². The van der Waals surface area contributed by atoms with Crippen molar-refractivity contribution in [3.8, 4) is 0 Å². The van der Waals surface area contributed by atoms with Gasteiger partial charge in [0, 0.05) is 49.0 Å². The summed E-state index contributed by atoms with van der Waals surface area (Å²) in [6, 6.07) is 17.2. The van der Waals surface area contributed by atoms with Gasteiger partial charge >= 0.3 is 0 Å². The van der Waals surface area contributed by atoms with E-state index >= 15 is 0 Å². The monoisotopic (exact) mass is 395 g/mol. The van der Waals surface area contributed by atoms with E-state index in [-0.39, 0.29) is 5.78 Å². The summed E-state index contributed by atoms with van der Waals surface area (Å²) < 4.78 is 1.75. The Hall–Kier alpha value is -2.70. The first-order valence-corrected chi connectivity index (χ1v) is 9.79. The molecule has 7 heteroatoms. The van der Waals surface area contributed by atoms with Gasteiger partial charge in [0.2, 0.25) is 5.78 Å². The molecule has 144 valence electrons. The molecule has 0 spiro atoms. The molecule has 0 atom stereocenters. The number of carbonyl (C=O) groups is 1. The fourth-order valence-corrected chi connectivity index (χ4v) is 3.50. The fraction of sp³-hybridized carbons (Fsp3) is 0.286. The lowest BCUT2D eigenvalue weighted by Crippen LogP contribution is -2.47. The maximum absolute atomic E-state index is 12.4. The molecule has 0 bridgehead atoms. The molecule has 2 aromatic carbocycles. The molecule has 3 aromatic rings. The van der Waals surface area contributed by atoms with Crippen LogP contribution in [0.2, 0.25) is 5.02 Å². The van der Waals surface area contributed by atoms with E-state index in [0.29, 0.717) is 11.3 Å². The predicted octanol–water partition coefficient (Wildman–Crippen LogP) is 2.98. The summed E-state index contributed by atoms with van der Waals surface area (Å²) in [7, 11) is 0. The number of carbonyl (C=O) groups excluding carboxylic acids is 1. The van der Waals surface area contributed by atoms with Crippen LogP contribution in [0, 0.1) is 0 Å². The molecule has 28 heavy (non-hydrogen) atoms. The van der Waals surface area contributed by atoms with Crippen LogP contribution in [0.15, 0.2) is 60.8 Å². The van der Waals surface area contributed by atoms with E-state index in [2.05, 4.69) is 32.2 Å². The second-order valence-corrected chi connectivity index (χ2v) is 7.30. The van der Waals surface area contributed by atoms with Gasteiger partial charge in [0.25, 0.3) is 0 Å². The Bertz CT molecular complexity index is 917. The van der Waals surface area contributed by atoms with Gasteiger partial charge in [-0.1, -0.05) is 47.1 Å². The molecule has 1 saturated heterocycles. The van der Waals surface area contributed by atoms with E-state index < -0.39 is 0 Å². The van der Waals surface area contributed by atoms with E-state index in [0.717, 1.165) is 44.3 Å². The van der Waals surface area contributed by atoms with Crippen molar-refractivity contribution in [2.75, 3.05) is 37.6 Å². The number of piperazine rings is 1. The summed E-state index contributed by atoms with van der Waals surface area (Å²) in [6.45, 7) is 5.56. The average molecular weight is 396 g/mol. The highest BCUT2D eigenvalue weighted by Gasteiger charge is 2.18. The molecule has 0 saturated carbocycles. The molecule has 6 nitrogen and oxygen atoms in total. The van der Waals surface area contributed by atoms with E-state index in [1.165, 1.54) is 5.69 Å². The minimum Gasteiger partial charge on any atom is -0.369 e. The van der Waals surface area contributed by atoms with Gasteiger partial charge in [-0.3, -0.25) is 14.4 Å². The van der Waals surface area contributed by atoms with E-state index in [1.807, 2.05) is 30.3 Å². The van der Waals surface area contributed by atoms with Gasteiger partial charge < -0.3 is 4.90 Å². The average Bonchev–Trinajstić information content (AvgIpc) is 3.22. The minimum absolute atomic E-state index is 0.0940. The first-order valence-electron chi connectivity index (χ1n) is 9.42. The number of ketones is 1. The lowest BCUT2D eigenvalue weighted by atomic mass is 10.1. The van der Waals surface area contributed by atoms with Crippen molar-refractivity contribution in [1.82, 2.24) is 19.9 Å². The third kappa shape index (κ3) is 4.40. The van der Waals surface area contributed by atoms with Crippen molar-refractivity contribution in [2.24, 2.45) is 0 Å². The molecular formula is C21H22ClN5O. The fourth-order valence-electron chi connectivity index (χ4n) is 3.37. The van der Waals surface area contributed by atoms with Crippen LogP contribution in [0.4, 0.5) is 5.69 Å². The molecule has 1 fully saturated rings. The second kappa shape index (κ2) is 8.54. The summed E-state index contributed by atoms with van der Waals surface area (Å²) in [4.78, 5) is 17.2. The van der Waals surface area contributed by atoms with Crippen molar-refractivity contribution in [2.45, 2.75) is 6.54 Å². The van der Waals surface area contributed by atoms with Crippen molar-refractivity contribution >= 4 is 23.1 Å². The molecule has 0 radical (unpaired) electrons. The number of aromatic nitrogens is 3. The predicted molar refractivity (Wildman–Crippen MR) is 110 cm³/mol. The topological polar surface area (TPSA) is 54.3 Å². The third-order valence-corrected chi connectivity index (χ3v) is 5.27. The number of rotatable bonds is 6. The van der Waals surface area contributed by atoms with E-state index in [9.17, 15) is 4.79 Å². The number of hydrogen-bond acceptors (Lipinski definition) is 5. The molecule has 0 unspecified atom stereocenters. The minimum atomic E-state index is -0.0940. The van der Waals surface area contributed by atoms with Gasteiger partial charge in [-0.25, -0.2) is 0 Å². The van der Waals surface area contributed by atoms with Crippen LogP contribution in [0.5, 0.6) is 0 Å². The highest BCUT2D eigenvalue weighted by molar-refractivity contribution is 6.30. The summed E-state index contributed by atoms with van der Waals surface area (Å²) >= 11 is 5.97. The van der Waals surface area contributed by atoms with Crippen molar-refractivity contribution in [3.63, 3.8) is 0 Å². The molecule has 1 aliphatic rings. The number of halogens is 1. The highest BCUT2D eigenvalue weighted by Crippen LogP contribution is 2.19. The zero-order chi connectivity index (χ0) is 19.3. The van der Waals surface area contributed by atoms with Crippen molar-refractivity contribution < 1.29 is 4.79 Å². The van der Waals surface area contributed by atoms with Gasteiger partial charge in [0.1, 0.15) is 0 Å². The summed E-state index contributed by atoms with van der Waals surface area (Å²) in [5.41, 5.74) is 2.23. The Morgan fingerprint density at radius 3 is 2.36 bits per heavy atom. The van der Waals surface area contributed by atoms with Crippen LogP contribution in [0.25, 0.3) is 0 Å². The van der Waals surface area contributed by atoms with E-state index in [4.69, 9.17) is 11.6 Å². The second-order valence-electron chi connectivity index (χ2n) is 6.87. The lowest BCUT2D eigenvalue weighted by molar-refractivity contribution is 0.103. The van der Waals surface area contributed by atoms with Crippen LogP contribution < -0.4 is 4.90 Å². The Kier molecular flexibility index (Phi) is 5.69. The molecule has 0 aliphatic carbocycles. The van der Waals surface area contributed by atoms with Gasteiger partial charge in [0.05, 0.1) is 12.7 Å². The SMILES string of the molecule is O=C(c1ccccc1)c1cn(CCN2CCN(c3ccc(Cl)cc3)CC2)nn1. The van der Waals surface area contributed by atoms with Crippen LogP contribution in [0.3, 0.4) is 0 Å². The third-order valence-electron chi connectivity index (χ3n) is 5.02. The van der Waals surface area contributed by atoms with Crippen molar-refractivity contribution in [3.05, 3.63) is 77.1 Å². The smallest absolute Gasteiger partial charge is 0.214 e. The number of nitrogens with zero attached hydrogens (tertiary/aromatic N) is 5. The molecule has 0 N–H and O–H groups in total. The normalized spacial score (nSPS) is 15.0. The molecule has 4 rings (SSSR count). The van der Waals surface area contributed by atoms with Crippen LogP contribution in [-0.2, 0) is 6.54 Å². The Morgan fingerprint density at radius 1 is 0.929 bits per heavy atom. The standard InChI is InChI=1S/C21H22ClN5O/c22-18-6-8-19(9-7-18)26-13-10-25(11-14-26)12-15-27-16-20(23-24-27)21(28)17-4-2-1-3-5-17/h1-9,16H,10-15H2. The maximum Gasteiger partial charge on any atom is 0.214 e. The lowest BCUT2D eigenvalue weighted by Gasteiger charge is -2.36. The van der Waals surface area contributed by atoms with E-state index in [1.54, 1.807) is 23.0 Å². The maximum atomic E-state index is 12.4. The first kappa shape index (κ1) is 18.7. The zero-order valence-electron chi connectivity index (χ0n) is 15.5. The van der Waals surface area contributed by atoms with Crippen molar-refractivity contribution in [1.29, 1.82) is 0 Å². The number of hydrogen-bond donors (Lipinski definition) is 0. The van der Waals surface area contributed by atoms with Gasteiger partial charge in [-0.05, 0) is 24.3 Å². The van der Waals surface area contributed by atoms with Crippen LogP contribution in [0.1, 0.15) is 16.1 Å². The quantitative estimate of drug-likeness (QED) is 0.600. The summed E-state index contributed by atoms with van der Waals surface area (Å²) in [5.74, 6) is -0.0940. The van der Waals surface area contributed by atoms with Gasteiger partial charge in [0.15, 0.2) is 5.69 Å². The van der Waals surface area contributed by atoms with Gasteiger partial charge in [-0.2, -0.15) is 0 Å². The largest absolute Gasteiger partial charge is 0.369 e. The van der Waals surface area contributed by atoms with Crippen LogP contribution in [-0.4, -0.2) is 58.4 Å². The van der Waals surface area contributed by atoms with Gasteiger partial charge in [-0.15, -0.1) is 5.10 Å². The highest BCUT2D eigenvalue weighted by atomic mass is 35.5. The molecule has 1 aromatic heterocycles. The Morgan fingerprint density at radius 2 is 1.64 bits per heavy atom. The first-order chi connectivity index (χ1) is 13.7. The number of benzene rings is 2. The number of anilines is 1. The Balaban J connectivity index is 1.27. The molecular weight excluding hydrogens is 374 g/mol. The molecule has 2 heterocycles. The molecule has 0 amide bonds. The summed E-state index contributed by atoms with van der Waals surface area (Å²) in [5, 5.41) is 8.92.